The maximum Gasteiger partial charge on any atom is 0.233 e. The molecule has 2 aromatic heterocycles. The minimum Gasteiger partial charge on any atom is -0.381 e. The normalized spacial score (nSPS) is 18.9. The Kier molecular flexibility index (Phi) is 5.15. The quantitative estimate of drug-likeness (QED) is 0.524. The number of pyridine rings is 1. The highest BCUT2D eigenvalue weighted by atomic mass is 32.2. The van der Waals surface area contributed by atoms with Crippen molar-refractivity contribution in [1.29, 1.82) is 0 Å². The summed E-state index contributed by atoms with van der Waals surface area (Å²) in [6.45, 7) is 1.12. The monoisotopic (exact) mass is 440 g/mol. The predicted octanol–water partition coefficient (Wildman–Crippen LogP) is 3.13. The molecule has 1 atom stereocenters. The van der Waals surface area contributed by atoms with Crippen molar-refractivity contribution < 1.29 is 17.9 Å². The number of nitrogens with one attached hydrogen (secondary N) is 2. The minimum absolute atomic E-state index is 0.0427. The van der Waals surface area contributed by atoms with E-state index in [9.17, 15) is 13.2 Å². The first-order valence-corrected chi connectivity index (χ1v) is 12.1. The van der Waals surface area contributed by atoms with Crippen molar-refractivity contribution in [3.63, 3.8) is 0 Å². The summed E-state index contributed by atoms with van der Waals surface area (Å²) >= 11 is 0. The number of nitrogens with zero attached hydrogens (tertiary/aromatic N) is 2. The fourth-order valence-electron chi connectivity index (χ4n) is 4.04. The second kappa shape index (κ2) is 7.97. The van der Waals surface area contributed by atoms with Crippen molar-refractivity contribution in [1.82, 2.24) is 9.97 Å². The Bertz CT molecular complexity index is 1200. The summed E-state index contributed by atoms with van der Waals surface area (Å²) < 4.78 is 32.8. The summed E-state index contributed by atoms with van der Waals surface area (Å²) in [5.74, 6) is 0.724. The van der Waals surface area contributed by atoms with Crippen LogP contribution in [0.4, 0.5) is 11.5 Å². The number of carbonyl (C=O) groups is 1. The summed E-state index contributed by atoms with van der Waals surface area (Å²) in [5.41, 5.74) is 3.09. The van der Waals surface area contributed by atoms with Gasteiger partial charge in [-0.15, -0.1) is 0 Å². The minimum atomic E-state index is -3.44. The van der Waals surface area contributed by atoms with E-state index in [1.54, 1.807) is 17.0 Å². The highest BCUT2D eigenvalue weighted by molar-refractivity contribution is 7.92. The molecule has 2 fully saturated rings. The largest absolute Gasteiger partial charge is 0.381 e. The average Bonchev–Trinajstić information content (AvgIpc) is 3.23. The van der Waals surface area contributed by atoms with E-state index in [0.29, 0.717) is 30.4 Å². The first-order valence-electron chi connectivity index (χ1n) is 10.4. The summed E-state index contributed by atoms with van der Waals surface area (Å²) in [4.78, 5) is 21.0. The zero-order valence-electron chi connectivity index (χ0n) is 17.0. The van der Waals surface area contributed by atoms with Crippen molar-refractivity contribution >= 4 is 39.0 Å². The molecule has 1 aliphatic heterocycles. The van der Waals surface area contributed by atoms with Crippen LogP contribution >= 0.6 is 0 Å². The Balaban J connectivity index is 1.41. The third-order valence-corrected chi connectivity index (χ3v) is 7.24. The summed E-state index contributed by atoms with van der Waals surface area (Å²) in [6, 6.07) is 11.4. The number of aromatic nitrogens is 2. The summed E-state index contributed by atoms with van der Waals surface area (Å²) in [6.07, 6.45) is 5.41. The van der Waals surface area contributed by atoms with Gasteiger partial charge in [0.15, 0.2) is 0 Å². The number of carbonyl (C=O) groups excluding carboxylic acids is 1. The van der Waals surface area contributed by atoms with Gasteiger partial charge in [0.05, 0.1) is 12.4 Å². The molecule has 1 unspecified atom stereocenters. The molecule has 2 aliphatic rings. The van der Waals surface area contributed by atoms with Gasteiger partial charge in [0.2, 0.25) is 16.4 Å². The van der Waals surface area contributed by atoms with Gasteiger partial charge in [-0.3, -0.25) is 14.4 Å². The Morgan fingerprint density at radius 1 is 1.19 bits per heavy atom. The lowest BCUT2D eigenvalue weighted by Crippen LogP contribution is -2.24. The highest BCUT2D eigenvalue weighted by Crippen LogP contribution is 2.35. The summed E-state index contributed by atoms with van der Waals surface area (Å²) in [5, 5.41) is 0.944. The maximum absolute atomic E-state index is 12.5. The smallest absolute Gasteiger partial charge is 0.233 e. The third kappa shape index (κ3) is 4.28. The molecule has 1 aromatic carbocycles. The van der Waals surface area contributed by atoms with Crippen LogP contribution in [0.3, 0.4) is 0 Å². The summed E-state index contributed by atoms with van der Waals surface area (Å²) in [7, 11) is -3.44. The number of anilines is 2. The van der Waals surface area contributed by atoms with E-state index < -0.39 is 10.0 Å². The Labute approximate surface area is 180 Å². The molecule has 0 bridgehead atoms. The molecule has 9 heteroatoms. The molecule has 1 saturated carbocycles. The lowest BCUT2D eigenvalue weighted by molar-refractivity contribution is -0.107. The van der Waals surface area contributed by atoms with Crippen LogP contribution in [0, 0.1) is 5.92 Å². The molecule has 1 aliphatic carbocycles. The van der Waals surface area contributed by atoms with E-state index in [-0.39, 0.29) is 17.7 Å². The predicted molar refractivity (Wildman–Crippen MR) is 119 cm³/mol. The molecule has 162 valence electrons. The highest BCUT2D eigenvalue weighted by Gasteiger charge is 2.30. The first-order chi connectivity index (χ1) is 15.0. The molecule has 3 aromatic rings. The number of hydrogen-bond donors (Lipinski definition) is 2. The van der Waals surface area contributed by atoms with Gasteiger partial charge in [-0.25, -0.2) is 13.4 Å². The number of rotatable bonds is 8. The number of sulfonamides is 1. The van der Waals surface area contributed by atoms with Crippen LogP contribution in [0.15, 0.2) is 42.6 Å². The fraction of sp³-hybridized carbons (Fsp3) is 0.364. The molecule has 2 N–H and O–H groups in total. The van der Waals surface area contributed by atoms with E-state index >= 15 is 0 Å². The SMILES string of the molecule is O=CN(c1cc(-c2ccc(NS(=O)(=O)CC3CCOC3)cc2)c2cc[nH]c2n1)C1CC1. The van der Waals surface area contributed by atoms with Crippen LogP contribution in [0.2, 0.25) is 0 Å². The van der Waals surface area contributed by atoms with Crippen molar-refractivity contribution in [2.45, 2.75) is 25.3 Å². The van der Waals surface area contributed by atoms with E-state index in [1.165, 1.54) is 0 Å². The van der Waals surface area contributed by atoms with Crippen molar-refractivity contribution in [2.24, 2.45) is 5.92 Å². The number of fused-ring (bicyclic) bond motifs is 1. The number of benzene rings is 1. The molecule has 31 heavy (non-hydrogen) atoms. The molecule has 3 heterocycles. The average molecular weight is 441 g/mol. The number of hydrogen-bond acceptors (Lipinski definition) is 5. The van der Waals surface area contributed by atoms with Gasteiger partial charge in [0.25, 0.3) is 0 Å². The number of H-pyrrole nitrogens is 1. The van der Waals surface area contributed by atoms with Crippen molar-refractivity contribution in [3.8, 4) is 11.1 Å². The zero-order valence-corrected chi connectivity index (χ0v) is 17.8. The Hall–Kier alpha value is -2.91. The van der Waals surface area contributed by atoms with Gasteiger partial charge in [0.1, 0.15) is 11.5 Å². The molecule has 5 rings (SSSR count). The van der Waals surface area contributed by atoms with Crippen LogP contribution < -0.4 is 9.62 Å². The molecule has 1 amide bonds. The Morgan fingerprint density at radius 2 is 2.00 bits per heavy atom. The van der Waals surface area contributed by atoms with Crippen molar-refractivity contribution in [3.05, 3.63) is 42.6 Å². The van der Waals surface area contributed by atoms with Gasteiger partial charge < -0.3 is 9.72 Å². The van der Waals surface area contributed by atoms with E-state index in [0.717, 1.165) is 42.2 Å². The van der Waals surface area contributed by atoms with E-state index in [2.05, 4.69) is 14.7 Å². The second-order valence-corrected chi connectivity index (χ2v) is 9.97. The standard InChI is InChI=1S/C22H24N4O4S/c27-14-26(18-5-6-18)21-11-20(19-7-9-23-22(19)24-21)16-1-3-17(4-2-16)25-31(28,29)13-15-8-10-30-12-15/h1-4,7,9,11,14-15,18,25H,5-6,8,10,12-13H2,(H,23,24). The van der Waals surface area contributed by atoms with Crippen LogP contribution in [0.1, 0.15) is 19.3 Å². The van der Waals surface area contributed by atoms with Gasteiger partial charge in [-0.1, -0.05) is 12.1 Å². The maximum atomic E-state index is 12.5. The zero-order chi connectivity index (χ0) is 21.4. The Morgan fingerprint density at radius 3 is 2.68 bits per heavy atom. The van der Waals surface area contributed by atoms with Crippen molar-refractivity contribution in [2.75, 3.05) is 28.6 Å². The fourth-order valence-corrected chi connectivity index (χ4v) is 5.50. The van der Waals surface area contributed by atoms with Crippen LogP contribution in [-0.2, 0) is 19.6 Å². The molecule has 8 nitrogen and oxygen atoms in total. The number of amides is 1. The van der Waals surface area contributed by atoms with Crippen LogP contribution in [0.5, 0.6) is 0 Å². The lowest BCUT2D eigenvalue weighted by atomic mass is 10.0. The van der Waals surface area contributed by atoms with E-state index in [1.807, 2.05) is 30.5 Å². The van der Waals surface area contributed by atoms with Crippen LogP contribution in [-0.4, -0.2) is 49.8 Å². The topological polar surface area (TPSA) is 104 Å². The third-order valence-electron chi connectivity index (χ3n) is 5.78. The number of aromatic amines is 1. The van der Waals surface area contributed by atoms with Gasteiger partial charge >= 0.3 is 0 Å². The molecule has 0 spiro atoms. The molecule has 1 saturated heterocycles. The van der Waals surface area contributed by atoms with Gasteiger partial charge in [-0.2, -0.15) is 0 Å². The van der Waals surface area contributed by atoms with Gasteiger partial charge in [0, 0.05) is 35.8 Å². The molecule has 0 radical (unpaired) electrons. The molecular formula is C22H24N4O4S. The van der Waals surface area contributed by atoms with Crippen LogP contribution in [0.25, 0.3) is 22.2 Å². The van der Waals surface area contributed by atoms with E-state index in [4.69, 9.17) is 4.74 Å². The lowest BCUT2D eigenvalue weighted by Gasteiger charge is -2.17. The number of ether oxygens (including phenoxy) is 1. The first kappa shape index (κ1) is 20.0. The molecular weight excluding hydrogens is 416 g/mol. The second-order valence-electron chi connectivity index (χ2n) is 8.20. The van der Waals surface area contributed by atoms with Gasteiger partial charge in [-0.05, 0) is 54.7 Å².